The first-order valence-electron chi connectivity index (χ1n) is 10.0. The molecular formula is C21H35IN4O. The molecule has 1 unspecified atom stereocenters. The van der Waals surface area contributed by atoms with E-state index < -0.39 is 0 Å². The molecule has 2 fully saturated rings. The van der Waals surface area contributed by atoms with E-state index in [4.69, 9.17) is 4.74 Å². The smallest absolute Gasteiger partial charge is 0.193 e. The van der Waals surface area contributed by atoms with Gasteiger partial charge in [0.25, 0.3) is 0 Å². The third-order valence-corrected chi connectivity index (χ3v) is 5.84. The van der Waals surface area contributed by atoms with E-state index in [0.717, 1.165) is 44.7 Å². The third-order valence-electron chi connectivity index (χ3n) is 5.84. The quantitative estimate of drug-likeness (QED) is 0.382. The van der Waals surface area contributed by atoms with Crippen molar-refractivity contribution in [3.8, 4) is 0 Å². The first kappa shape index (κ1) is 22.4. The van der Waals surface area contributed by atoms with Gasteiger partial charge in [-0.2, -0.15) is 0 Å². The Kier molecular flexibility index (Phi) is 9.86. The fourth-order valence-electron chi connectivity index (χ4n) is 4.15. The van der Waals surface area contributed by atoms with E-state index in [1.165, 1.54) is 37.9 Å². The summed E-state index contributed by atoms with van der Waals surface area (Å²) >= 11 is 0. The van der Waals surface area contributed by atoms with Crippen LogP contribution in [0.5, 0.6) is 0 Å². The van der Waals surface area contributed by atoms with Gasteiger partial charge in [0, 0.05) is 46.3 Å². The minimum Gasteiger partial charge on any atom is -0.383 e. The van der Waals surface area contributed by atoms with E-state index in [9.17, 15) is 0 Å². The van der Waals surface area contributed by atoms with Gasteiger partial charge in [0.05, 0.1) is 6.61 Å². The molecule has 0 bridgehead atoms. The molecule has 1 N–H and O–H groups in total. The normalized spacial score (nSPS) is 21.9. The van der Waals surface area contributed by atoms with Crippen LogP contribution < -0.4 is 5.32 Å². The van der Waals surface area contributed by atoms with E-state index in [2.05, 4.69) is 50.4 Å². The summed E-state index contributed by atoms with van der Waals surface area (Å²) in [6.45, 7) is 7.48. The fraction of sp³-hybridized carbons (Fsp3) is 0.667. The highest BCUT2D eigenvalue weighted by atomic mass is 127. The first-order chi connectivity index (χ1) is 12.8. The lowest BCUT2D eigenvalue weighted by Crippen LogP contribution is -2.44. The van der Waals surface area contributed by atoms with Crippen molar-refractivity contribution < 1.29 is 4.74 Å². The molecule has 2 heterocycles. The van der Waals surface area contributed by atoms with Gasteiger partial charge in [-0.25, -0.2) is 0 Å². The van der Waals surface area contributed by atoms with Gasteiger partial charge < -0.3 is 19.9 Å². The molecule has 1 aromatic rings. The van der Waals surface area contributed by atoms with Crippen molar-refractivity contribution in [1.29, 1.82) is 0 Å². The average molecular weight is 486 g/mol. The molecular weight excluding hydrogens is 451 g/mol. The number of ether oxygens (including phenoxy) is 1. The Hall–Kier alpha value is -0.860. The molecule has 0 aliphatic carbocycles. The van der Waals surface area contributed by atoms with Gasteiger partial charge in [-0.15, -0.1) is 24.0 Å². The number of piperidine rings is 1. The zero-order valence-electron chi connectivity index (χ0n) is 16.8. The number of rotatable bonds is 6. The summed E-state index contributed by atoms with van der Waals surface area (Å²) in [7, 11) is 3.69. The fourth-order valence-corrected chi connectivity index (χ4v) is 4.15. The summed E-state index contributed by atoms with van der Waals surface area (Å²) in [6.07, 6.45) is 3.74. The highest BCUT2D eigenvalue weighted by Gasteiger charge is 2.26. The van der Waals surface area contributed by atoms with Gasteiger partial charge in [0.1, 0.15) is 0 Å². The molecule has 0 spiro atoms. The highest BCUT2D eigenvalue weighted by Crippen LogP contribution is 2.27. The van der Waals surface area contributed by atoms with Gasteiger partial charge in [-0.3, -0.25) is 4.99 Å². The van der Waals surface area contributed by atoms with Crippen LogP contribution in [0.25, 0.3) is 0 Å². The molecule has 152 valence electrons. The Morgan fingerprint density at radius 2 is 1.89 bits per heavy atom. The summed E-state index contributed by atoms with van der Waals surface area (Å²) in [5, 5.41) is 3.64. The largest absolute Gasteiger partial charge is 0.383 e. The Labute approximate surface area is 181 Å². The topological polar surface area (TPSA) is 40.1 Å². The van der Waals surface area contributed by atoms with Crippen LogP contribution in [0.1, 0.15) is 30.7 Å². The molecule has 0 aromatic heterocycles. The molecule has 1 atom stereocenters. The maximum absolute atomic E-state index is 5.19. The Morgan fingerprint density at radius 3 is 2.56 bits per heavy atom. The number of nitrogens with one attached hydrogen (secondary N) is 1. The minimum atomic E-state index is 0. The van der Waals surface area contributed by atoms with E-state index in [1.54, 1.807) is 7.11 Å². The Morgan fingerprint density at radius 1 is 1.15 bits per heavy atom. The Balaban J connectivity index is 0.00000261. The first-order valence-corrected chi connectivity index (χ1v) is 10.0. The lowest BCUT2D eigenvalue weighted by atomic mass is 9.97. The summed E-state index contributed by atoms with van der Waals surface area (Å²) in [5.41, 5.74) is 1.45. The number of guanidine groups is 1. The maximum Gasteiger partial charge on any atom is 0.193 e. The number of halogens is 1. The molecule has 0 amide bonds. The van der Waals surface area contributed by atoms with Gasteiger partial charge in [0.2, 0.25) is 0 Å². The van der Waals surface area contributed by atoms with Crippen molar-refractivity contribution in [1.82, 2.24) is 15.1 Å². The Bertz CT molecular complexity index is 561. The van der Waals surface area contributed by atoms with Crippen molar-refractivity contribution in [2.75, 3.05) is 60.0 Å². The van der Waals surface area contributed by atoms with Crippen LogP contribution in [0.3, 0.4) is 0 Å². The summed E-state index contributed by atoms with van der Waals surface area (Å²) in [5.74, 6) is 2.45. The standard InChI is InChI=1S/C21H34N4O.HI/c1-22-21(23-16-18-8-11-24(12-9-18)14-15-26-2)25-13-10-20(17-25)19-6-4-3-5-7-19;/h3-7,18,20H,8-17H2,1-2H3,(H,22,23);1H. The number of benzene rings is 1. The van der Waals surface area contributed by atoms with Crippen LogP contribution in [0.15, 0.2) is 35.3 Å². The van der Waals surface area contributed by atoms with Crippen molar-refractivity contribution in [2.45, 2.75) is 25.2 Å². The molecule has 5 nitrogen and oxygen atoms in total. The zero-order valence-corrected chi connectivity index (χ0v) is 19.1. The molecule has 2 saturated heterocycles. The van der Waals surface area contributed by atoms with Crippen molar-refractivity contribution in [3.63, 3.8) is 0 Å². The summed E-state index contributed by atoms with van der Waals surface area (Å²) in [4.78, 5) is 9.48. The predicted molar refractivity (Wildman–Crippen MR) is 123 cm³/mol. The second-order valence-electron chi connectivity index (χ2n) is 7.55. The highest BCUT2D eigenvalue weighted by molar-refractivity contribution is 14.0. The van der Waals surface area contributed by atoms with Crippen LogP contribution in [-0.4, -0.2) is 75.8 Å². The molecule has 0 saturated carbocycles. The van der Waals surface area contributed by atoms with Crippen molar-refractivity contribution in [3.05, 3.63) is 35.9 Å². The minimum absolute atomic E-state index is 0. The predicted octanol–water partition coefficient (Wildman–Crippen LogP) is 3.03. The molecule has 27 heavy (non-hydrogen) atoms. The van der Waals surface area contributed by atoms with Crippen LogP contribution in [-0.2, 0) is 4.74 Å². The van der Waals surface area contributed by atoms with Crippen LogP contribution in [0.2, 0.25) is 0 Å². The molecule has 0 radical (unpaired) electrons. The average Bonchev–Trinajstić information content (AvgIpc) is 3.18. The van der Waals surface area contributed by atoms with Crippen LogP contribution in [0, 0.1) is 5.92 Å². The molecule has 1 aromatic carbocycles. The number of nitrogens with zero attached hydrogens (tertiary/aromatic N) is 3. The monoisotopic (exact) mass is 486 g/mol. The van der Waals surface area contributed by atoms with Gasteiger partial charge in [-0.1, -0.05) is 30.3 Å². The summed E-state index contributed by atoms with van der Waals surface area (Å²) < 4.78 is 5.19. The third kappa shape index (κ3) is 6.61. The maximum atomic E-state index is 5.19. The van der Waals surface area contributed by atoms with Gasteiger partial charge >= 0.3 is 0 Å². The van der Waals surface area contributed by atoms with E-state index in [0.29, 0.717) is 5.92 Å². The van der Waals surface area contributed by atoms with Crippen molar-refractivity contribution >= 4 is 29.9 Å². The molecule has 2 aliphatic rings. The molecule has 6 heteroatoms. The number of methoxy groups -OCH3 is 1. The van der Waals surface area contributed by atoms with Crippen LogP contribution >= 0.6 is 24.0 Å². The number of likely N-dealkylation sites (tertiary alicyclic amines) is 2. The lowest BCUT2D eigenvalue weighted by Gasteiger charge is -2.32. The lowest BCUT2D eigenvalue weighted by molar-refractivity contribution is 0.120. The summed E-state index contributed by atoms with van der Waals surface area (Å²) in [6, 6.07) is 10.9. The van der Waals surface area contributed by atoms with Crippen molar-refractivity contribution in [2.24, 2.45) is 10.9 Å². The van der Waals surface area contributed by atoms with Gasteiger partial charge in [0.15, 0.2) is 5.96 Å². The number of hydrogen-bond donors (Lipinski definition) is 1. The second-order valence-corrected chi connectivity index (χ2v) is 7.55. The van der Waals surface area contributed by atoms with E-state index >= 15 is 0 Å². The molecule has 3 rings (SSSR count). The number of hydrogen-bond acceptors (Lipinski definition) is 3. The molecule has 2 aliphatic heterocycles. The van der Waals surface area contributed by atoms with E-state index in [-0.39, 0.29) is 24.0 Å². The van der Waals surface area contributed by atoms with Crippen LogP contribution in [0.4, 0.5) is 0 Å². The second kappa shape index (κ2) is 11.9. The number of aliphatic imine (C=N–C) groups is 1. The SMILES string of the molecule is CN=C(NCC1CCN(CCOC)CC1)N1CCC(c2ccccc2)C1.I. The van der Waals surface area contributed by atoms with Gasteiger partial charge in [-0.05, 0) is 43.8 Å². The van der Waals surface area contributed by atoms with E-state index in [1.807, 2.05) is 7.05 Å². The zero-order chi connectivity index (χ0) is 18.2.